The molecular formula is C14H12ClN3O3S2. The minimum absolute atomic E-state index is 0.229. The third-order valence-electron chi connectivity index (χ3n) is 3.40. The van der Waals surface area contributed by atoms with Gasteiger partial charge < -0.3 is 4.74 Å². The molecule has 0 saturated carbocycles. The van der Waals surface area contributed by atoms with Crippen molar-refractivity contribution in [2.75, 3.05) is 13.1 Å². The number of sulfonamides is 1. The highest BCUT2D eigenvalue weighted by molar-refractivity contribution is 7.91. The van der Waals surface area contributed by atoms with E-state index in [4.69, 9.17) is 21.6 Å². The Morgan fingerprint density at radius 3 is 2.96 bits per heavy atom. The number of nitrogens with zero attached hydrogens (tertiary/aromatic N) is 3. The summed E-state index contributed by atoms with van der Waals surface area (Å²) in [6.07, 6.45) is 1.77. The van der Waals surface area contributed by atoms with Crippen LogP contribution in [0.2, 0.25) is 4.34 Å². The van der Waals surface area contributed by atoms with Crippen LogP contribution in [0.1, 0.15) is 12.0 Å². The van der Waals surface area contributed by atoms with Crippen molar-refractivity contribution in [1.82, 2.24) is 9.29 Å². The van der Waals surface area contributed by atoms with Crippen LogP contribution in [-0.2, 0) is 10.0 Å². The van der Waals surface area contributed by atoms with E-state index in [1.165, 1.54) is 22.6 Å². The summed E-state index contributed by atoms with van der Waals surface area (Å²) < 4.78 is 32.8. The van der Waals surface area contributed by atoms with E-state index in [2.05, 4.69) is 4.98 Å². The molecule has 23 heavy (non-hydrogen) atoms. The van der Waals surface area contributed by atoms with E-state index in [1.54, 1.807) is 12.1 Å². The van der Waals surface area contributed by atoms with E-state index in [0.29, 0.717) is 28.7 Å². The normalized spacial score (nSPS) is 18.7. The van der Waals surface area contributed by atoms with Gasteiger partial charge in [-0.3, -0.25) is 0 Å². The molecule has 6 nitrogen and oxygen atoms in total. The topological polar surface area (TPSA) is 83.3 Å². The predicted molar refractivity (Wildman–Crippen MR) is 86.1 cm³/mol. The molecule has 1 unspecified atom stereocenters. The average Bonchev–Trinajstić information content (AvgIpc) is 3.17. The van der Waals surface area contributed by atoms with E-state index in [0.717, 1.165) is 11.3 Å². The second-order valence-electron chi connectivity index (χ2n) is 4.94. The molecule has 2 aromatic heterocycles. The summed E-state index contributed by atoms with van der Waals surface area (Å²) in [4.78, 5) is 4.04. The summed E-state index contributed by atoms with van der Waals surface area (Å²) in [6.45, 7) is 0.622. The van der Waals surface area contributed by atoms with Gasteiger partial charge in [-0.2, -0.15) is 9.57 Å². The first-order chi connectivity index (χ1) is 11.0. The van der Waals surface area contributed by atoms with E-state index >= 15 is 0 Å². The van der Waals surface area contributed by atoms with Crippen molar-refractivity contribution in [3.63, 3.8) is 0 Å². The lowest BCUT2D eigenvalue weighted by molar-refractivity contribution is 0.207. The second-order valence-corrected chi connectivity index (χ2v) is 8.82. The van der Waals surface area contributed by atoms with Crippen LogP contribution in [0.25, 0.3) is 0 Å². The number of nitriles is 1. The molecule has 1 fully saturated rings. The molecule has 1 atom stereocenters. The number of hydrogen-bond donors (Lipinski definition) is 0. The first-order valence-electron chi connectivity index (χ1n) is 6.77. The molecule has 0 amide bonds. The van der Waals surface area contributed by atoms with Crippen molar-refractivity contribution in [1.29, 1.82) is 5.26 Å². The molecule has 0 radical (unpaired) electrons. The zero-order valence-corrected chi connectivity index (χ0v) is 14.2. The first kappa shape index (κ1) is 16.2. The lowest BCUT2D eigenvalue weighted by Crippen LogP contribution is -2.30. The summed E-state index contributed by atoms with van der Waals surface area (Å²) >= 11 is 6.85. The second kappa shape index (κ2) is 6.45. The lowest BCUT2D eigenvalue weighted by atomic mass is 10.3. The third-order valence-corrected chi connectivity index (χ3v) is 6.97. The van der Waals surface area contributed by atoms with Crippen molar-refractivity contribution in [3.8, 4) is 11.9 Å². The smallest absolute Gasteiger partial charge is 0.252 e. The summed E-state index contributed by atoms with van der Waals surface area (Å²) in [5.41, 5.74) is 0.450. The number of halogens is 1. The highest BCUT2D eigenvalue weighted by Crippen LogP contribution is 2.30. The molecule has 0 aromatic carbocycles. The van der Waals surface area contributed by atoms with E-state index in [9.17, 15) is 8.42 Å². The molecule has 1 aliphatic rings. The molecule has 9 heteroatoms. The van der Waals surface area contributed by atoms with Gasteiger partial charge in [0.1, 0.15) is 10.3 Å². The Hall–Kier alpha value is -1.66. The van der Waals surface area contributed by atoms with Crippen molar-refractivity contribution >= 4 is 33.0 Å². The zero-order valence-electron chi connectivity index (χ0n) is 11.8. The highest BCUT2D eigenvalue weighted by atomic mass is 35.5. The van der Waals surface area contributed by atoms with Crippen LogP contribution in [0, 0.1) is 11.3 Å². The van der Waals surface area contributed by atoms with Gasteiger partial charge in [-0.25, -0.2) is 13.4 Å². The quantitative estimate of drug-likeness (QED) is 0.826. The van der Waals surface area contributed by atoms with Crippen LogP contribution in [0.4, 0.5) is 0 Å². The van der Waals surface area contributed by atoms with Crippen molar-refractivity contribution in [2.45, 2.75) is 16.7 Å². The molecule has 1 saturated heterocycles. The summed E-state index contributed by atoms with van der Waals surface area (Å²) in [7, 11) is -3.54. The maximum atomic E-state index is 12.5. The number of hydrogen-bond acceptors (Lipinski definition) is 6. The van der Waals surface area contributed by atoms with Gasteiger partial charge in [0.25, 0.3) is 10.0 Å². The lowest BCUT2D eigenvalue weighted by Gasteiger charge is -2.16. The molecule has 3 heterocycles. The van der Waals surface area contributed by atoms with Gasteiger partial charge in [0.15, 0.2) is 0 Å². The Morgan fingerprint density at radius 1 is 1.43 bits per heavy atom. The SMILES string of the molecule is N#Cc1ccnc(OC2CCN(S(=O)(=O)c3ccc(Cl)s3)C2)c1. The van der Waals surface area contributed by atoms with Gasteiger partial charge in [-0.05, 0) is 24.6 Å². The maximum Gasteiger partial charge on any atom is 0.252 e. The fraction of sp³-hybridized carbons (Fsp3) is 0.286. The minimum Gasteiger partial charge on any atom is -0.473 e. The minimum atomic E-state index is -3.54. The largest absolute Gasteiger partial charge is 0.473 e. The molecular weight excluding hydrogens is 358 g/mol. The summed E-state index contributed by atoms with van der Waals surface area (Å²) in [5, 5.41) is 8.87. The van der Waals surface area contributed by atoms with Crippen molar-refractivity contribution < 1.29 is 13.2 Å². The molecule has 3 rings (SSSR count). The Labute approximate surface area is 142 Å². The molecule has 2 aromatic rings. The van der Waals surface area contributed by atoms with Crippen LogP contribution in [0.3, 0.4) is 0 Å². The van der Waals surface area contributed by atoms with Crippen LogP contribution in [-0.4, -0.2) is 36.9 Å². The van der Waals surface area contributed by atoms with E-state index in [-0.39, 0.29) is 16.9 Å². The van der Waals surface area contributed by atoms with Gasteiger partial charge in [0.2, 0.25) is 5.88 Å². The summed E-state index contributed by atoms with van der Waals surface area (Å²) in [6, 6.07) is 8.21. The first-order valence-corrected chi connectivity index (χ1v) is 9.41. The number of aromatic nitrogens is 1. The molecule has 0 aliphatic carbocycles. The van der Waals surface area contributed by atoms with Crippen molar-refractivity contribution in [2.24, 2.45) is 0 Å². The molecule has 1 aliphatic heterocycles. The van der Waals surface area contributed by atoms with Gasteiger partial charge >= 0.3 is 0 Å². The number of pyridine rings is 1. The molecule has 0 N–H and O–H groups in total. The Bertz CT molecular complexity index is 860. The van der Waals surface area contributed by atoms with Crippen LogP contribution < -0.4 is 4.74 Å². The Balaban J connectivity index is 1.70. The van der Waals surface area contributed by atoms with Crippen LogP contribution in [0.15, 0.2) is 34.7 Å². The monoisotopic (exact) mass is 369 g/mol. The van der Waals surface area contributed by atoms with Crippen molar-refractivity contribution in [3.05, 3.63) is 40.4 Å². The summed E-state index contributed by atoms with van der Waals surface area (Å²) in [5.74, 6) is 0.326. The van der Waals surface area contributed by atoms with E-state index < -0.39 is 10.0 Å². The third kappa shape index (κ3) is 3.48. The standard InChI is InChI=1S/C14H12ClN3O3S2/c15-12-1-2-14(22-12)23(19,20)18-6-4-11(9-18)21-13-7-10(8-16)3-5-17-13/h1-3,5,7,11H,4,6,9H2. The Kier molecular flexibility index (Phi) is 4.55. The van der Waals surface area contributed by atoms with E-state index in [1.807, 2.05) is 6.07 Å². The average molecular weight is 370 g/mol. The zero-order chi connectivity index (χ0) is 16.4. The van der Waals surface area contributed by atoms with Gasteiger partial charge in [0, 0.05) is 18.8 Å². The fourth-order valence-electron chi connectivity index (χ4n) is 2.29. The van der Waals surface area contributed by atoms with Gasteiger partial charge in [-0.1, -0.05) is 11.6 Å². The van der Waals surface area contributed by atoms with Crippen LogP contribution >= 0.6 is 22.9 Å². The number of rotatable bonds is 4. The van der Waals surface area contributed by atoms with Gasteiger partial charge in [-0.15, -0.1) is 11.3 Å². The molecule has 0 spiro atoms. The highest BCUT2D eigenvalue weighted by Gasteiger charge is 2.34. The number of thiophene rings is 1. The fourth-order valence-corrected chi connectivity index (χ4v) is 5.41. The molecule has 120 valence electrons. The van der Waals surface area contributed by atoms with Crippen LogP contribution in [0.5, 0.6) is 5.88 Å². The molecule has 0 bridgehead atoms. The predicted octanol–water partition coefficient (Wildman–Crippen LogP) is 2.51. The Morgan fingerprint density at radius 2 is 2.26 bits per heavy atom. The maximum absolute atomic E-state index is 12.5. The number of ether oxygens (including phenoxy) is 1. The van der Waals surface area contributed by atoms with Gasteiger partial charge in [0.05, 0.1) is 22.5 Å².